The Labute approximate surface area is 147 Å². The van der Waals surface area contributed by atoms with Gasteiger partial charge < -0.3 is 16.6 Å². The SMILES string of the molecule is CCCCc1ccc(NNC(=O)CC[C@H](NC(C)=O)C(=O)O)nc1.N. The van der Waals surface area contributed by atoms with Gasteiger partial charge in [-0.1, -0.05) is 19.4 Å². The van der Waals surface area contributed by atoms with Gasteiger partial charge in [0.1, 0.15) is 11.9 Å². The van der Waals surface area contributed by atoms with Crippen molar-refractivity contribution in [1.82, 2.24) is 21.9 Å². The fourth-order valence-electron chi connectivity index (χ4n) is 2.00. The van der Waals surface area contributed by atoms with Crippen LogP contribution in [0.2, 0.25) is 0 Å². The van der Waals surface area contributed by atoms with Crippen LogP contribution in [-0.2, 0) is 20.8 Å². The van der Waals surface area contributed by atoms with E-state index in [0.717, 1.165) is 24.8 Å². The third-order valence-corrected chi connectivity index (χ3v) is 3.31. The second-order valence-corrected chi connectivity index (χ2v) is 5.46. The van der Waals surface area contributed by atoms with E-state index in [1.165, 1.54) is 6.92 Å². The van der Waals surface area contributed by atoms with Gasteiger partial charge in [-0.3, -0.25) is 20.4 Å². The maximum atomic E-state index is 11.7. The number of rotatable bonds is 10. The first-order chi connectivity index (χ1) is 11.4. The first-order valence-corrected chi connectivity index (χ1v) is 7.92. The Bertz CT molecular complexity index is 562. The van der Waals surface area contributed by atoms with Crippen LogP contribution < -0.4 is 22.3 Å². The van der Waals surface area contributed by atoms with Crippen molar-refractivity contribution in [2.75, 3.05) is 5.43 Å². The average Bonchev–Trinajstić information content (AvgIpc) is 2.55. The van der Waals surface area contributed by atoms with Crippen LogP contribution in [0.4, 0.5) is 5.82 Å². The zero-order valence-electron chi connectivity index (χ0n) is 14.7. The Morgan fingerprint density at radius 2 is 2.00 bits per heavy atom. The van der Waals surface area contributed by atoms with Crippen LogP contribution in [0.1, 0.15) is 45.1 Å². The number of pyridine rings is 1. The minimum Gasteiger partial charge on any atom is -0.480 e. The van der Waals surface area contributed by atoms with Crippen molar-refractivity contribution in [2.45, 2.75) is 52.0 Å². The topological polar surface area (TPSA) is 155 Å². The molecule has 0 fully saturated rings. The van der Waals surface area contributed by atoms with E-state index in [-0.39, 0.29) is 24.9 Å². The summed E-state index contributed by atoms with van der Waals surface area (Å²) in [5.41, 5.74) is 6.26. The number of carboxylic acids is 1. The van der Waals surface area contributed by atoms with E-state index in [0.29, 0.717) is 5.82 Å². The first-order valence-electron chi connectivity index (χ1n) is 7.92. The van der Waals surface area contributed by atoms with E-state index < -0.39 is 17.9 Å². The van der Waals surface area contributed by atoms with Crippen LogP contribution in [0.15, 0.2) is 18.3 Å². The third-order valence-electron chi connectivity index (χ3n) is 3.31. The number of carbonyl (C=O) groups excluding carboxylic acids is 2. The molecule has 0 aromatic carbocycles. The molecule has 9 heteroatoms. The minimum absolute atomic E-state index is 0. The van der Waals surface area contributed by atoms with Gasteiger partial charge in [0.05, 0.1) is 0 Å². The largest absolute Gasteiger partial charge is 0.480 e. The third kappa shape index (κ3) is 9.26. The minimum atomic E-state index is -1.17. The standard InChI is InChI=1S/C16H24N4O4.H3N/c1-3-4-5-12-6-8-14(17-10-12)19-20-15(22)9-7-13(16(23)24)18-11(2)21;/h6,8,10,13H,3-5,7,9H2,1-2H3,(H,17,19)(H,18,21)(H,20,22)(H,23,24);1H3/t13-;/m0./s1. The van der Waals surface area contributed by atoms with Gasteiger partial charge in [0, 0.05) is 19.5 Å². The molecule has 140 valence electrons. The Morgan fingerprint density at radius 3 is 2.52 bits per heavy atom. The molecule has 25 heavy (non-hydrogen) atoms. The van der Waals surface area contributed by atoms with E-state index in [2.05, 4.69) is 28.1 Å². The lowest BCUT2D eigenvalue weighted by Crippen LogP contribution is -2.41. The van der Waals surface area contributed by atoms with Crippen molar-refractivity contribution in [1.29, 1.82) is 0 Å². The lowest BCUT2D eigenvalue weighted by atomic mass is 10.1. The second-order valence-electron chi connectivity index (χ2n) is 5.46. The summed E-state index contributed by atoms with van der Waals surface area (Å²) in [6.45, 7) is 3.35. The van der Waals surface area contributed by atoms with Crippen LogP contribution >= 0.6 is 0 Å². The molecule has 0 saturated carbocycles. The molecular weight excluding hydrogens is 326 g/mol. The molecular formula is C16H27N5O4. The van der Waals surface area contributed by atoms with Crippen LogP contribution in [0.25, 0.3) is 0 Å². The van der Waals surface area contributed by atoms with Gasteiger partial charge >= 0.3 is 5.97 Å². The lowest BCUT2D eigenvalue weighted by Gasteiger charge is -2.13. The summed E-state index contributed by atoms with van der Waals surface area (Å²) in [6.07, 6.45) is 4.90. The number of carbonyl (C=O) groups is 3. The molecule has 7 N–H and O–H groups in total. The quantitative estimate of drug-likeness (QED) is 0.398. The molecule has 0 aliphatic carbocycles. The highest BCUT2D eigenvalue weighted by molar-refractivity contribution is 5.83. The molecule has 0 aliphatic rings. The van der Waals surface area contributed by atoms with Crippen LogP contribution in [-0.4, -0.2) is 33.9 Å². The second kappa shape index (κ2) is 11.8. The van der Waals surface area contributed by atoms with E-state index in [1.54, 1.807) is 12.3 Å². The number of nitrogens with zero attached hydrogens (tertiary/aromatic N) is 1. The number of carboxylic acid groups (broad SMARTS) is 1. The van der Waals surface area contributed by atoms with Crippen molar-refractivity contribution in [3.05, 3.63) is 23.9 Å². The predicted octanol–water partition coefficient (Wildman–Crippen LogP) is 1.40. The van der Waals surface area contributed by atoms with Crippen molar-refractivity contribution in [3.63, 3.8) is 0 Å². The van der Waals surface area contributed by atoms with Crippen molar-refractivity contribution < 1.29 is 19.5 Å². The van der Waals surface area contributed by atoms with Gasteiger partial charge in [0.25, 0.3) is 0 Å². The Kier molecular flexibility index (Phi) is 10.5. The maximum Gasteiger partial charge on any atom is 0.326 e. The zero-order valence-corrected chi connectivity index (χ0v) is 14.7. The fraction of sp³-hybridized carbons (Fsp3) is 0.500. The molecule has 0 bridgehead atoms. The predicted molar refractivity (Wildman–Crippen MR) is 94.1 cm³/mol. The van der Waals surface area contributed by atoms with E-state index in [9.17, 15) is 14.4 Å². The lowest BCUT2D eigenvalue weighted by molar-refractivity contribution is -0.141. The van der Waals surface area contributed by atoms with E-state index >= 15 is 0 Å². The number of unbranched alkanes of at least 4 members (excludes halogenated alkanes) is 1. The number of anilines is 1. The van der Waals surface area contributed by atoms with Crippen molar-refractivity contribution in [2.24, 2.45) is 0 Å². The van der Waals surface area contributed by atoms with Gasteiger partial charge in [-0.2, -0.15) is 0 Å². The number of aliphatic carboxylic acids is 1. The number of aryl methyl sites for hydroxylation is 1. The fourth-order valence-corrected chi connectivity index (χ4v) is 2.00. The van der Waals surface area contributed by atoms with E-state index in [1.807, 2.05) is 6.07 Å². The summed E-state index contributed by atoms with van der Waals surface area (Å²) in [7, 11) is 0. The molecule has 1 rings (SSSR count). The molecule has 1 heterocycles. The highest BCUT2D eigenvalue weighted by Crippen LogP contribution is 2.07. The summed E-state index contributed by atoms with van der Waals surface area (Å²) in [5, 5.41) is 11.2. The highest BCUT2D eigenvalue weighted by Gasteiger charge is 2.19. The van der Waals surface area contributed by atoms with Crippen molar-refractivity contribution >= 4 is 23.6 Å². The molecule has 0 unspecified atom stereocenters. The molecule has 1 aromatic rings. The Morgan fingerprint density at radius 1 is 1.28 bits per heavy atom. The molecule has 1 atom stereocenters. The van der Waals surface area contributed by atoms with Gasteiger partial charge in [0.2, 0.25) is 11.8 Å². The maximum absolute atomic E-state index is 11.7. The molecule has 0 radical (unpaired) electrons. The summed E-state index contributed by atoms with van der Waals surface area (Å²) in [5.74, 6) is -1.51. The molecule has 9 nitrogen and oxygen atoms in total. The van der Waals surface area contributed by atoms with Gasteiger partial charge in [-0.15, -0.1) is 0 Å². The van der Waals surface area contributed by atoms with Gasteiger partial charge in [-0.05, 0) is 30.9 Å². The number of amides is 2. The summed E-state index contributed by atoms with van der Waals surface area (Å²) >= 11 is 0. The first kappa shape index (κ1) is 22.3. The highest BCUT2D eigenvalue weighted by atomic mass is 16.4. The monoisotopic (exact) mass is 353 g/mol. The van der Waals surface area contributed by atoms with Gasteiger partial charge in [-0.25, -0.2) is 9.78 Å². The summed E-state index contributed by atoms with van der Waals surface area (Å²) in [6, 6.07) is 2.63. The summed E-state index contributed by atoms with van der Waals surface area (Å²) in [4.78, 5) is 37.8. The molecule has 1 aromatic heterocycles. The number of aromatic nitrogens is 1. The Balaban J connectivity index is 0.00000576. The average molecular weight is 353 g/mol. The Hall–Kier alpha value is -2.68. The molecule has 0 aliphatic heterocycles. The number of hydrogen-bond donors (Lipinski definition) is 5. The van der Waals surface area contributed by atoms with E-state index in [4.69, 9.17) is 5.11 Å². The van der Waals surface area contributed by atoms with Crippen LogP contribution in [0.3, 0.4) is 0 Å². The van der Waals surface area contributed by atoms with Crippen LogP contribution in [0.5, 0.6) is 0 Å². The number of hydrogen-bond acceptors (Lipinski definition) is 6. The van der Waals surface area contributed by atoms with Crippen molar-refractivity contribution in [3.8, 4) is 0 Å². The molecule has 0 spiro atoms. The molecule has 2 amide bonds. The normalized spacial score (nSPS) is 11.0. The molecule has 0 saturated heterocycles. The zero-order chi connectivity index (χ0) is 17.9. The number of hydrazine groups is 1. The number of nitrogens with one attached hydrogen (secondary N) is 3. The summed E-state index contributed by atoms with van der Waals surface area (Å²) < 4.78 is 0. The van der Waals surface area contributed by atoms with Crippen LogP contribution in [0, 0.1) is 0 Å². The smallest absolute Gasteiger partial charge is 0.326 e. The van der Waals surface area contributed by atoms with Gasteiger partial charge in [0.15, 0.2) is 0 Å².